The Bertz CT molecular complexity index is 1640. The number of carbonyl (C=O) groups excluding carboxylic acids is 4. The lowest BCUT2D eigenvalue weighted by Gasteiger charge is -2.29. The second-order valence-corrected chi connectivity index (χ2v) is 13.3. The van der Waals surface area contributed by atoms with Crippen molar-refractivity contribution in [1.29, 1.82) is 10.8 Å². The Morgan fingerprint density at radius 1 is 0.731 bits per heavy atom. The molecule has 0 heterocycles. The summed E-state index contributed by atoms with van der Waals surface area (Å²) < 4.78 is 21.5. The highest BCUT2D eigenvalue weighted by molar-refractivity contribution is 5.95. The summed E-state index contributed by atoms with van der Waals surface area (Å²) in [5, 5.41) is 21.1. The minimum Gasteiger partial charge on any atom is -0.489 e. The molecule has 0 spiro atoms. The minimum absolute atomic E-state index is 0.00331. The molecule has 1 aliphatic rings. The van der Waals surface area contributed by atoms with E-state index in [1.807, 2.05) is 45.0 Å². The van der Waals surface area contributed by atoms with Crippen LogP contribution in [0.3, 0.4) is 0 Å². The van der Waals surface area contributed by atoms with E-state index in [0.29, 0.717) is 54.0 Å². The summed E-state index contributed by atoms with van der Waals surface area (Å²) in [5.74, 6) is -0.414. The van der Waals surface area contributed by atoms with Gasteiger partial charge in [-0.1, -0.05) is 48.5 Å². The lowest BCUT2D eigenvalue weighted by molar-refractivity contribution is -0.156. The number of amides is 2. The molecular weight excluding hydrogens is 668 g/mol. The number of ether oxygens (including phenoxy) is 4. The van der Waals surface area contributed by atoms with Gasteiger partial charge in [-0.3, -0.25) is 25.2 Å². The number of carbonyl (C=O) groups is 4. The van der Waals surface area contributed by atoms with Gasteiger partial charge in [0.2, 0.25) is 5.91 Å². The molecule has 1 aliphatic carbocycles. The minimum atomic E-state index is -0.567. The first kappa shape index (κ1) is 40.5. The molecule has 2 amide bonds. The van der Waals surface area contributed by atoms with Crippen molar-refractivity contribution in [2.45, 2.75) is 85.2 Å². The van der Waals surface area contributed by atoms with Crippen molar-refractivity contribution in [2.75, 3.05) is 5.32 Å². The number of hydrogen-bond acceptors (Lipinski definition) is 10. The van der Waals surface area contributed by atoms with E-state index in [0.717, 1.165) is 11.1 Å². The van der Waals surface area contributed by atoms with Crippen molar-refractivity contribution in [2.24, 2.45) is 17.4 Å². The number of nitrogens with two attached hydrogens (primary N) is 2. The lowest BCUT2D eigenvalue weighted by Crippen LogP contribution is -2.42. The summed E-state index contributed by atoms with van der Waals surface area (Å²) >= 11 is 0. The van der Waals surface area contributed by atoms with Gasteiger partial charge in [-0.2, -0.15) is 0 Å². The van der Waals surface area contributed by atoms with E-state index >= 15 is 0 Å². The molecule has 1 saturated carbocycles. The van der Waals surface area contributed by atoms with E-state index < -0.39 is 23.6 Å². The highest BCUT2D eigenvalue weighted by Gasteiger charge is 2.28. The second kappa shape index (κ2) is 18.9. The third-order valence-corrected chi connectivity index (χ3v) is 7.59. The number of nitrogens with one attached hydrogen (secondary N) is 4. The van der Waals surface area contributed by atoms with Crippen LogP contribution in [0.2, 0.25) is 0 Å². The SMILES string of the molecule is CC(=O)OC(C)=O.CC(C)(C)OC(=O)NC1CCC(C(=O)Nc2cc(OCc3ccc(C(=N)N)cc3)cc(OCc3ccc(C(=N)N)cc3)c2)CC1. The van der Waals surface area contributed by atoms with Crippen molar-refractivity contribution in [3.8, 4) is 11.5 Å². The maximum Gasteiger partial charge on any atom is 0.407 e. The van der Waals surface area contributed by atoms with Crippen LogP contribution in [0.5, 0.6) is 11.5 Å². The van der Waals surface area contributed by atoms with Crippen LogP contribution in [0.15, 0.2) is 66.7 Å². The summed E-state index contributed by atoms with van der Waals surface area (Å²) in [5.41, 5.74) is 14.1. The molecular formula is C38H48N6O8. The number of esters is 2. The quantitative estimate of drug-likeness (QED) is 0.0629. The maximum atomic E-state index is 13.3. The van der Waals surface area contributed by atoms with Crippen LogP contribution in [0.25, 0.3) is 0 Å². The summed E-state index contributed by atoms with van der Waals surface area (Å²) in [6.45, 7) is 8.35. The Morgan fingerprint density at radius 2 is 1.17 bits per heavy atom. The van der Waals surface area contributed by atoms with Crippen molar-refractivity contribution < 1.29 is 38.1 Å². The van der Waals surface area contributed by atoms with Crippen LogP contribution in [-0.4, -0.2) is 47.3 Å². The predicted octanol–water partition coefficient (Wildman–Crippen LogP) is 5.53. The van der Waals surface area contributed by atoms with Crippen LogP contribution in [0, 0.1) is 16.7 Å². The fraction of sp³-hybridized carbons (Fsp3) is 0.368. The van der Waals surface area contributed by atoms with Gasteiger partial charge in [-0.05, 0) is 57.6 Å². The zero-order valence-corrected chi connectivity index (χ0v) is 30.2. The average Bonchev–Trinajstić information content (AvgIpc) is 3.06. The molecule has 1 fully saturated rings. The molecule has 3 aromatic rings. The molecule has 0 bridgehead atoms. The third-order valence-electron chi connectivity index (χ3n) is 7.59. The normalized spacial score (nSPS) is 15.1. The molecule has 3 aromatic carbocycles. The molecule has 0 aliphatic heterocycles. The largest absolute Gasteiger partial charge is 0.489 e. The Kier molecular flexibility index (Phi) is 14.7. The molecule has 14 heteroatoms. The molecule has 278 valence electrons. The topological polar surface area (TPSA) is 229 Å². The third kappa shape index (κ3) is 14.5. The van der Waals surface area contributed by atoms with Crippen LogP contribution < -0.4 is 31.6 Å². The predicted molar refractivity (Wildman–Crippen MR) is 196 cm³/mol. The van der Waals surface area contributed by atoms with E-state index in [1.165, 1.54) is 13.8 Å². The summed E-state index contributed by atoms with van der Waals surface area (Å²) in [6, 6.07) is 19.7. The zero-order valence-electron chi connectivity index (χ0n) is 30.2. The van der Waals surface area contributed by atoms with Crippen molar-refractivity contribution in [3.63, 3.8) is 0 Å². The number of nitrogen functional groups attached to an aromatic ring is 2. The van der Waals surface area contributed by atoms with Gasteiger partial charge in [0.1, 0.15) is 42.0 Å². The first-order valence-electron chi connectivity index (χ1n) is 16.7. The van der Waals surface area contributed by atoms with Gasteiger partial charge in [-0.15, -0.1) is 0 Å². The fourth-order valence-electron chi connectivity index (χ4n) is 5.13. The van der Waals surface area contributed by atoms with Gasteiger partial charge in [0.25, 0.3) is 0 Å². The van der Waals surface area contributed by atoms with Gasteiger partial charge in [0.05, 0.1) is 0 Å². The molecule has 0 saturated heterocycles. The van der Waals surface area contributed by atoms with Gasteiger partial charge < -0.3 is 41.0 Å². The Balaban J connectivity index is 0.000000944. The monoisotopic (exact) mass is 716 g/mol. The number of hydrogen-bond donors (Lipinski definition) is 6. The van der Waals surface area contributed by atoms with E-state index in [9.17, 15) is 19.2 Å². The van der Waals surface area contributed by atoms with Crippen LogP contribution in [0.1, 0.15) is 82.6 Å². The van der Waals surface area contributed by atoms with Gasteiger partial charge >= 0.3 is 18.0 Å². The van der Waals surface area contributed by atoms with Crippen molar-refractivity contribution in [1.82, 2.24) is 5.32 Å². The number of alkyl carbamates (subject to hydrolysis) is 1. The number of amidine groups is 2. The van der Waals surface area contributed by atoms with Gasteiger partial charge in [-0.25, -0.2) is 4.79 Å². The molecule has 0 atom stereocenters. The zero-order chi connectivity index (χ0) is 38.4. The molecule has 4 rings (SSSR count). The second-order valence-electron chi connectivity index (χ2n) is 13.3. The lowest BCUT2D eigenvalue weighted by atomic mass is 9.85. The van der Waals surface area contributed by atoms with E-state index in [1.54, 1.807) is 42.5 Å². The summed E-state index contributed by atoms with van der Waals surface area (Å²) in [4.78, 5) is 45.1. The Hall–Kier alpha value is -5.92. The molecule has 0 unspecified atom stereocenters. The van der Waals surface area contributed by atoms with Crippen LogP contribution in [-0.2, 0) is 37.1 Å². The Morgan fingerprint density at radius 3 is 1.54 bits per heavy atom. The number of anilines is 1. The first-order chi connectivity index (χ1) is 24.5. The molecule has 14 nitrogen and oxygen atoms in total. The molecule has 0 radical (unpaired) electrons. The molecule has 52 heavy (non-hydrogen) atoms. The van der Waals surface area contributed by atoms with Crippen LogP contribution >= 0.6 is 0 Å². The van der Waals surface area contributed by atoms with Gasteiger partial charge in [0, 0.05) is 60.8 Å². The molecule has 8 N–H and O–H groups in total. The summed E-state index contributed by atoms with van der Waals surface area (Å²) in [6.07, 6.45) is 2.19. The van der Waals surface area contributed by atoms with E-state index in [-0.39, 0.29) is 42.8 Å². The maximum absolute atomic E-state index is 13.3. The van der Waals surface area contributed by atoms with E-state index in [4.69, 9.17) is 36.5 Å². The first-order valence-corrected chi connectivity index (χ1v) is 16.7. The Labute approximate surface area is 303 Å². The summed E-state index contributed by atoms with van der Waals surface area (Å²) in [7, 11) is 0. The van der Waals surface area contributed by atoms with Crippen LogP contribution in [0.4, 0.5) is 10.5 Å². The fourth-order valence-corrected chi connectivity index (χ4v) is 5.13. The smallest absolute Gasteiger partial charge is 0.407 e. The number of rotatable bonds is 11. The van der Waals surface area contributed by atoms with Crippen molar-refractivity contribution >= 4 is 41.3 Å². The number of benzene rings is 3. The highest BCUT2D eigenvalue weighted by Crippen LogP contribution is 2.30. The van der Waals surface area contributed by atoms with Crippen molar-refractivity contribution in [3.05, 3.63) is 89.0 Å². The van der Waals surface area contributed by atoms with Gasteiger partial charge in [0.15, 0.2) is 0 Å². The highest BCUT2D eigenvalue weighted by atomic mass is 16.6. The molecule has 0 aromatic heterocycles. The van der Waals surface area contributed by atoms with E-state index in [2.05, 4.69) is 15.4 Å². The average molecular weight is 717 g/mol. The standard InChI is InChI=1S/C34H42N6O5.C4H6O3/c1-34(2,3)45-33(42)40-26-14-12-25(13-15-26)32(41)39-27-16-28(43-19-21-4-8-23(9-5-21)30(35)36)18-29(17-27)44-20-22-6-10-24(11-7-22)31(37)38;1-3(5)7-4(2)6/h4-11,16-18,25-26H,12-15,19-20H2,1-3H3,(H3,35,36)(H3,37,38)(H,39,41)(H,40,42);1-2H3.